The van der Waals surface area contributed by atoms with E-state index in [1.165, 1.54) is 13.2 Å². The van der Waals surface area contributed by atoms with Crippen molar-refractivity contribution >= 4 is 5.97 Å². The number of methoxy groups -OCH3 is 1. The van der Waals surface area contributed by atoms with Gasteiger partial charge in [0, 0.05) is 12.5 Å². The van der Waals surface area contributed by atoms with Crippen molar-refractivity contribution in [1.82, 2.24) is 0 Å². The normalized spacial score (nSPS) is 30.0. The third-order valence-electron chi connectivity index (χ3n) is 2.18. The topological polar surface area (TPSA) is 71.1 Å². The third-order valence-corrected chi connectivity index (χ3v) is 2.18. The van der Waals surface area contributed by atoms with Crippen LogP contribution >= 0.6 is 0 Å². The Morgan fingerprint density at radius 3 is 3.00 bits per heavy atom. The SMILES string of the molecule is [C-]#[N+]C1=CC(O)C(O)(C=CC(=O)OC)C1. The van der Waals surface area contributed by atoms with E-state index in [-0.39, 0.29) is 12.1 Å². The molecule has 0 saturated heterocycles. The molecule has 0 aromatic carbocycles. The van der Waals surface area contributed by atoms with Crippen molar-refractivity contribution in [3.05, 3.63) is 35.3 Å². The van der Waals surface area contributed by atoms with E-state index in [0.29, 0.717) is 0 Å². The summed E-state index contributed by atoms with van der Waals surface area (Å²) in [6.07, 6.45) is 2.30. The Morgan fingerprint density at radius 2 is 2.53 bits per heavy atom. The molecule has 0 saturated carbocycles. The summed E-state index contributed by atoms with van der Waals surface area (Å²) < 4.78 is 4.35. The van der Waals surface area contributed by atoms with Gasteiger partial charge >= 0.3 is 5.97 Å². The van der Waals surface area contributed by atoms with Gasteiger partial charge in [0.05, 0.1) is 19.8 Å². The average Bonchev–Trinajstić information content (AvgIpc) is 2.52. The average molecular weight is 209 g/mol. The molecule has 0 amide bonds. The summed E-state index contributed by atoms with van der Waals surface area (Å²) in [4.78, 5) is 13.9. The standard InChI is InChI=1S/C10H11NO4/c1-11-7-5-8(12)10(14,6-7)4-3-9(13)15-2/h3-5,8,12,14H,6H2,2H3. The van der Waals surface area contributed by atoms with E-state index in [0.717, 1.165) is 12.2 Å². The van der Waals surface area contributed by atoms with Gasteiger partial charge < -0.3 is 14.9 Å². The third kappa shape index (κ3) is 2.43. The first-order valence-electron chi connectivity index (χ1n) is 4.27. The number of aliphatic hydroxyl groups excluding tert-OH is 1. The minimum atomic E-state index is -1.58. The van der Waals surface area contributed by atoms with Crippen LogP contribution in [0, 0.1) is 6.57 Å². The molecule has 2 unspecified atom stereocenters. The minimum Gasteiger partial charge on any atom is -0.466 e. The number of rotatable bonds is 2. The number of carbonyl (C=O) groups excluding carboxylic acids is 1. The highest BCUT2D eigenvalue weighted by Crippen LogP contribution is 2.31. The monoisotopic (exact) mass is 209 g/mol. The zero-order valence-corrected chi connectivity index (χ0v) is 8.17. The van der Waals surface area contributed by atoms with Gasteiger partial charge in [-0.15, -0.1) is 0 Å². The number of nitrogens with zero attached hydrogens (tertiary/aromatic N) is 1. The predicted octanol–water partition coefficient (Wildman–Crippen LogP) is 0.0145. The lowest BCUT2D eigenvalue weighted by atomic mass is 9.98. The second kappa shape index (κ2) is 4.26. The maximum Gasteiger partial charge on any atom is 0.330 e. The fourth-order valence-electron chi connectivity index (χ4n) is 1.29. The Balaban J connectivity index is 2.76. The first kappa shape index (κ1) is 11.4. The molecule has 1 aliphatic carbocycles. The first-order valence-corrected chi connectivity index (χ1v) is 4.27. The molecule has 15 heavy (non-hydrogen) atoms. The van der Waals surface area contributed by atoms with Crippen LogP contribution in [0.3, 0.4) is 0 Å². The molecular weight excluding hydrogens is 198 g/mol. The van der Waals surface area contributed by atoms with Crippen LogP contribution in [0.25, 0.3) is 4.85 Å². The molecule has 1 aliphatic rings. The molecule has 0 spiro atoms. The van der Waals surface area contributed by atoms with Crippen LogP contribution in [0.5, 0.6) is 0 Å². The predicted molar refractivity (Wildman–Crippen MR) is 51.4 cm³/mol. The quantitative estimate of drug-likeness (QED) is 0.382. The van der Waals surface area contributed by atoms with Crippen molar-refractivity contribution in [2.45, 2.75) is 18.1 Å². The van der Waals surface area contributed by atoms with E-state index in [1.807, 2.05) is 0 Å². The van der Waals surface area contributed by atoms with E-state index in [2.05, 4.69) is 9.58 Å². The van der Waals surface area contributed by atoms with Crippen LogP contribution in [0.2, 0.25) is 0 Å². The van der Waals surface area contributed by atoms with Crippen molar-refractivity contribution < 1.29 is 19.7 Å². The molecule has 0 radical (unpaired) electrons. The summed E-state index contributed by atoms with van der Waals surface area (Å²) >= 11 is 0. The molecule has 5 nitrogen and oxygen atoms in total. The van der Waals surface area contributed by atoms with Crippen molar-refractivity contribution in [3.63, 3.8) is 0 Å². The van der Waals surface area contributed by atoms with Gasteiger partial charge in [-0.1, -0.05) is 6.08 Å². The van der Waals surface area contributed by atoms with Gasteiger partial charge in [0.2, 0.25) is 0 Å². The molecule has 2 N–H and O–H groups in total. The molecular formula is C10H11NO4. The van der Waals surface area contributed by atoms with Gasteiger partial charge in [-0.2, -0.15) is 0 Å². The highest BCUT2D eigenvalue weighted by Gasteiger charge is 2.38. The number of hydrogen-bond donors (Lipinski definition) is 2. The van der Waals surface area contributed by atoms with E-state index in [9.17, 15) is 15.0 Å². The first-order chi connectivity index (χ1) is 7.01. The summed E-state index contributed by atoms with van der Waals surface area (Å²) in [5.74, 6) is -0.619. The van der Waals surface area contributed by atoms with Crippen molar-refractivity contribution in [2.75, 3.05) is 7.11 Å². The maximum absolute atomic E-state index is 10.8. The molecule has 0 bridgehead atoms. The van der Waals surface area contributed by atoms with E-state index in [1.54, 1.807) is 0 Å². The number of esters is 1. The lowest BCUT2D eigenvalue weighted by Crippen LogP contribution is -2.35. The Morgan fingerprint density at radius 1 is 1.87 bits per heavy atom. The van der Waals surface area contributed by atoms with Gasteiger partial charge in [-0.05, 0) is 6.08 Å². The van der Waals surface area contributed by atoms with E-state index >= 15 is 0 Å². The van der Waals surface area contributed by atoms with Crippen molar-refractivity contribution in [2.24, 2.45) is 0 Å². The molecule has 5 heteroatoms. The number of aliphatic hydroxyl groups is 2. The maximum atomic E-state index is 10.8. The number of carbonyl (C=O) groups is 1. The van der Waals surface area contributed by atoms with Crippen LogP contribution in [-0.2, 0) is 9.53 Å². The van der Waals surface area contributed by atoms with Crippen LogP contribution < -0.4 is 0 Å². The second-order valence-electron chi connectivity index (χ2n) is 3.24. The number of hydrogen-bond acceptors (Lipinski definition) is 4. The molecule has 0 aliphatic heterocycles. The molecule has 0 heterocycles. The molecule has 2 atom stereocenters. The summed E-state index contributed by atoms with van der Waals surface area (Å²) in [6, 6.07) is 0. The smallest absolute Gasteiger partial charge is 0.330 e. The van der Waals surface area contributed by atoms with Gasteiger partial charge in [0.1, 0.15) is 5.60 Å². The fourth-order valence-corrected chi connectivity index (χ4v) is 1.29. The highest BCUT2D eigenvalue weighted by molar-refractivity contribution is 5.82. The van der Waals surface area contributed by atoms with Crippen LogP contribution in [0.4, 0.5) is 0 Å². The van der Waals surface area contributed by atoms with Crippen molar-refractivity contribution in [1.29, 1.82) is 0 Å². The van der Waals surface area contributed by atoms with Gasteiger partial charge in [0.25, 0.3) is 0 Å². The Kier molecular flexibility index (Phi) is 3.24. The fraction of sp³-hybridized carbons (Fsp3) is 0.400. The van der Waals surface area contributed by atoms with Gasteiger partial charge in [-0.3, -0.25) is 0 Å². The summed E-state index contributed by atoms with van der Waals surface area (Å²) in [5.41, 5.74) is -1.30. The zero-order valence-electron chi connectivity index (χ0n) is 8.17. The molecule has 1 rings (SSSR count). The second-order valence-corrected chi connectivity index (χ2v) is 3.24. The Labute approximate surface area is 87.1 Å². The summed E-state index contributed by atoms with van der Waals surface area (Å²) in [6.45, 7) is 6.74. The Bertz CT molecular complexity index is 366. The lowest BCUT2D eigenvalue weighted by molar-refractivity contribution is -0.135. The van der Waals surface area contributed by atoms with Crippen LogP contribution in [-0.4, -0.2) is 35.0 Å². The Hall–Kier alpha value is -1.64. The lowest BCUT2D eigenvalue weighted by Gasteiger charge is -2.22. The molecule has 0 fully saturated rings. The molecule has 0 aromatic rings. The highest BCUT2D eigenvalue weighted by atomic mass is 16.5. The summed E-state index contributed by atoms with van der Waals surface area (Å²) in [7, 11) is 1.21. The van der Waals surface area contributed by atoms with E-state index in [4.69, 9.17) is 6.57 Å². The van der Waals surface area contributed by atoms with Gasteiger partial charge in [-0.25, -0.2) is 9.64 Å². The van der Waals surface area contributed by atoms with Gasteiger partial charge in [0.15, 0.2) is 5.70 Å². The van der Waals surface area contributed by atoms with Crippen LogP contribution in [0.15, 0.2) is 23.9 Å². The van der Waals surface area contributed by atoms with Crippen LogP contribution in [0.1, 0.15) is 6.42 Å². The largest absolute Gasteiger partial charge is 0.466 e. The summed E-state index contributed by atoms with van der Waals surface area (Å²) in [5, 5.41) is 19.3. The number of ether oxygens (including phenoxy) is 1. The van der Waals surface area contributed by atoms with Crippen molar-refractivity contribution in [3.8, 4) is 0 Å². The molecule has 0 aromatic heterocycles. The van der Waals surface area contributed by atoms with E-state index < -0.39 is 17.7 Å². The molecule has 80 valence electrons. The zero-order chi connectivity index (χ0) is 11.5. The minimum absolute atomic E-state index is 0.00512.